The summed E-state index contributed by atoms with van der Waals surface area (Å²) < 4.78 is 9.51. The predicted molar refractivity (Wildman–Crippen MR) is 146 cm³/mol. The molecule has 1 atom stereocenters. The molecule has 1 aliphatic carbocycles. The summed E-state index contributed by atoms with van der Waals surface area (Å²) in [4.78, 5) is 8.47. The van der Waals surface area contributed by atoms with E-state index >= 15 is 0 Å². The summed E-state index contributed by atoms with van der Waals surface area (Å²) in [6.45, 7) is 7.64. The van der Waals surface area contributed by atoms with Crippen LogP contribution in [0.3, 0.4) is 0 Å². The summed E-state index contributed by atoms with van der Waals surface area (Å²) >= 11 is 3.56. The Kier molecular flexibility index (Phi) is 7.74. The first-order chi connectivity index (χ1) is 17.1. The maximum absolute atomic E-state index is 9.59. The van der Waals surface area contributed by atoms with Gasteiger partial charge in [0.05, 0.1) is 16.5 Å². The van der Waals surface area contributed by atoms with Crippen LogP contribution in [0.2, 0.25) is 0 Å². The lowest BCUT2D eigenvalue weighted by Gasteiger charge is -2.17. The molecule has 0 amide bonds. The van der Waals surface area contributed by atoms with Crippen LogP contribution in [0.4, 0.5) is 0 Å². The van der Waals surface area contributed by atoms with Crippen molar-refractivity contribution in [2.24, 2.45) is 0 Å². The molecule has 2 aliphatic rings. The third kappa shape index (κ3) is 5.57. The van der Waals surface area contributed by atoms with Crippen LogP contribution in [0, 0.1) is 11.3 Å². The van der Waals surface area contributed by atoms with Crippen LogP contribution in [0.5, 0.6) is 5.75 Å². The van der Waals surface area contributed by atoms with Crippen molar-refractivity contribution >= 4 is 23.3 Å². The second-order valence-electron chi connectivity index (χ2n) is 9.50. The van der Waals surface area contributed by atoms with Gasteiger partial charge in [0.2, 0.25) is 0 Å². The van der Waals surface area contributed by atoms with E-state index in [2.05, 4.69) is 33.9 Å². The minimum Gasteiger partial charge on any atom is -0.490 e. The number of benzene rings is 2. The Morgan fingerprint density at radius 2 is 2.11 bits per heavy atom. The van der Waals surface area contributed by atoms with Crippen LogP contribution in [0.1, 0.15) is 55.8 Å². The van der Waals surface area contributed by atoms with Crippen LogP contribution in [0.25, 0.3) is 21.0 Å². The van der Waals surface area contributed by atoms with Crippen molar-refractivity contribution in [3.05, 3.63) is 59.3 Å². The first-order valence-corrected chi connectivity index (χ1v) is 14.3. The van der Waals surface area contributed by atoms with Crippen LogP contribution in [-0.2, 0) is 6.42 Å². The topological polar surface area (TPSA) is 61.2 Å². The molecule has 0 radical (unpaired) electrons. The highest BCUT2D eigenvalue weighted by atomic mass is 32.2. The molecule has 0 saturated carbocycles. The Morgan fingerprint density at radius 1 is 1.26 bits per heavy atom. The van der Waals surface area contributed by atoms with E-state index in [4.69, 9.17) is 9.72 Å². The van der Waals surface area contributed by atoms with E-state index in [0.717, 1.165) is 29.2 Å². The molecule has 1 aliphatic heterocycles. The van der Waals surface area contributed by atoms with E-state index in [9.17, 15) is 5.26 Å². The number of fused-ring (bicyclic) bond motifs is 1. The lowest BCUT2D eigenvalue weighted by molar-refractivity contribution is 0.242. The first kappa shape index (κ1) is 24.3. The molecule has 2 aromatic carbocycles. The molecule has 1 saturated heterocycles. The number of nitrogens with one attached hydrogen (secondary N) is 1. The van der Waals surface area contributed by atoms with Gasteiger partial charge in [0.1, 0.15) is 16.8 Å². The molecule has 7 heteroatoms. The van der Waals surface area contributed by atoms with Crippen LogP contribution in [0.15, 0.2) is 42.6 Å². The molecule has 3 aromatic rings. The van der Waals surface area contributed by atoms with Gasteiger partial charge < -0.3 is 9.64 Å². The number of rotatable bonds is 9. The predicted octanol–water partition coefficient (Wildman–Crippen LogP) is 6.46. The zero-order valence-corrected chi connectivity index (χ0v) is 22.1. The summed E-state index contributed by atoms with van der Waals surface area (Å²) in [5.41, 5.74) is 5.66. The number of nitrogens with zero attached hydrogens (tertiary/aromatic N) is 3. The molecular weight excluding hydrogens is 472 g/mol. The summed E-state index contributed by atoms with van der Waals surface area (Å²) in [6, 6.07) is 15.1. The maximum atomic E-state index is 9.59. The van der Waals surface area contributed by atoms with Gasteiger partial charge in [-0.2, -0.15) is 5.26 Å². The third-order valence-electron chi connectivity index (χ3n) is 6.69. The third-order valence-corrected chi connectivity index (χ3v) is 8.60. The van der Waals surface area contributed by atoms with Gasteiger partial charge in [-0.05, 0) is 87.5 Å². The molecule has 1 fully saturated rings. The Morgan fingerprint density at radius 3 is 2.91 bits per heavy atom. The van der Waals surface area contributed by atoms with Crippen molar-refractivity contribution in [3.8, 4) is 32.8 Å². The smallest absolute Gasteiger partial charge is 0.137 e. The number of thiazole rings is 1. The fourth-order valence-corrected chi connectivity index (χ4v) is 6.87. The fourth-order valence-electron chi connectivity index (χ4n) is 4.99. The molecule has 0 bridgehead atoms. The number of hydrogen-bond acceptors (Lipinski definition) is 7. The molecule has 5 rings (SSSR count). The second-order valence-corrected chi connectivity index (χ2v) is 11.5. The van der Waals surface area contributed by atoms with Crippen LogP contribution in [-0.4, -0.2) is 41.4 Å². The van der Waals surface area contributed by atoms with E-state index in [-0.39, 0.29) is 6.10 Å². The fraction of sp³-hybridized carbons (Fsp3) is 0.429. The lowest BCUT2D eigenvalue weighted by atomic mass is 10.0. The monoisotopic (exact) mass is 504 g/mol. The SMILES string of the molecule is CC(C)Oc1ccc(-c2ncc(-c3cccc4c3CCC4NSCCN3CCCC3)s2)cc1C#N. The molecule has 1 N–H and O–H groups in total. The average Bonchev–Trinajstić information content (AvgIpc) is 3.63. The summed E-state index contributed by atoms with van der Waals surface area (Å²) in [6.07, 6.45) is 6.94. The largest absolute Gasteiger partial charge is 0.490 e. The number of likely N-dealkylation sites (tertiary alicyclic amines) is 1. The number of aromatic nitrogens is 1. The van der Waals surface area contributed by atoms with Gasteiger partial charge in [0, 0.05) is 30.1 Å². The molecule has 5 nitrogen and oxygen atoms in total. The van der Waals surface area contributed by atoms with Crippen molar-refractivity contribution in [2.45, 2.75) is 51.7 Å². The Labute approximate surface area is 216 Å². The zero-order chi connectivity index (χ0) is 24.2. The highest BCUT2D eigenvalue weighted by Gasteiger charge is 2.25. The van der Waals surface area contributed by atoms with Crippen LogP contribution >= 0.6 is 23.3 Å². The van der Waals surface area contributed by atoms with Crippen molar-refractivity contribution in [1.82, 2.24) is 14.6 Å². The average molecular weight is 505 g/mol. The summed E-state index contributed by atoms with van der Waals surface area (Å²) in [5, 5.41) is 10.5. The van der Waals surface area contributed by atoms with Gasteiger partial charge in [-0.3, -0.25) is 4.72 Å². The van der Waals surface area contributed by atoms with Gasteiger partial charge in [0.25, 0.3) is 0 Å². The van der Waals surface area contributed by atoms with E-state index in [1.807, 2.05) is 50.2 Å². The first-order valence-electron chi connectivity index (χ1n) is 12.5. The van der Waals surface area contributed by atoms with Gasteiger partial charge >= 0.3 is 0 Å². The number of nitriles is 1. The van der Waals surface area contributed by atoms with Gasteiger partial charge in [-0.25, -0.2) is 4.98 Å². The molecule has 0 spiro atoms. The van der Waals surface area contributed by atoms with E-state index in [1.165, 1.54) is 54.0 Å². The van der Waals surface area contributed by atoms with Gasteiger partial charge in [-0.1, -0.05) is 30.1 Å². The lowest BCUT2D eigenvalue weighted by Crippen LogP contribution is -2.23. The summed E-state index contributed by atoms with van der Waals surface area (Å²) in [7, 11) is 0. The minimum absolute atomic E-state index is 0.0291. The van der Waals surface area contributed by atoms with E-state index in [0.29, 0.717) is 17.4 Å². The van der Waals surface area contributed by atoms with Crippen molar-refractivity contribution in [2.75, 3.05) is 25.4 Å². The van der Waals surface area contributed by atoms with Crippen molar-refractivity contribution in [3.63, 3.8) is 0 Å². The maximum Gasteiger partial charge on any atom is 0.137 e. The Hall–Kier alpha value is -2.37. The minimum atomic E-state index is 0.0291. The molecule has 182 valence electrons. The van der Waals surface area contributed by atoms with Gasteiger partial charge in [0.15, 0.2) is 0 Å². The molecule has 1 aromatic heterocycles. The molecular formula is C28H32N4OS2. The Balaban J connectivity index is 1.29. The molecule has 35 heavy (non-hydrogen) atoms. The van der Waals surface area contributed by atoms with Crippen molar-refractivity contribution in [1.29, 1.82) is 5.26 Å². The highest BCUT2D eigenvalue weighted by Crippen LogP contribution is 2.41. The number of ether oxygens (including phenoxy) is 1. The molecule has 1 unspecified atom stereocenters. The number of hydrogen-bond donors (Lipinski definition) is 1. The van der Waals surface area contributed by atoms with E-state index < -0.39 is 0 Å². The second kappa shape index (κ2) is 11.1. The van der Waals surface area contributed by atoms with Gasteiger partial charge in [-0.15, -0.1) is 11.3 Å². The zero-order valence-electron chi connectivity index (χ0n) is 20.4. The normalized spacial score (nSPS) is 17.6. The Bertz CT molecular complexity index is 1210. The highest BCUT2D eigenvalue weighted by molar-refractivity contribution is 7.97. The standard InChI is InChI=1S/C28H32N4OS2/c1-19(2)33-26-11-8-20(16-21(26)17-29)28-30-18-27(35-28)24-7-5-6-23-22(24)9-10-25(23)31-34-15-14-32-12-3-4-13-32/h5-8,11,16,18-19,25,31H,3-4,9-10,12-15H2,1-2H3. The summed E-state index contributed by atoms with van der Waals surface area (Å²) in [5.74, 6) is 1.76. The molecule has 2 heterocycles. The van der Waals surface area contributed by atoms with E-state index in [1.54, 1.807) is 11.3 Å². The van der Waals surface area contributed by atoms with Crippen molar-refractivity contribution < 1.29 is 4.74 Å². The van der Waals surface area contributed by atoms with Crippen LogP contribution < -0.4 is 9.46 Å². The quantitative estimate of drug-likeness (QED) is 0.267.